The van der Waals surface area contributed by atoms with Crippen molar-refractivity contribution in [3.05, 3.63) is 101 Å². The maximum atomic E-state index is 12.9. The van der Waals surface area contributed by atoms with Gasteiger partial charge in [-0.1, -0.05) is 18.2 Å². The molecule has 0 aliphatic heterocycles. The number of ether oxygens (including phenoxy) is 3. The molecule has 0 atom stereocenters. The fourth-order valence-electron chi connectivity index (χ4n) is 3.47. The molecule has 0 radical (unpaired) electrons. The van der Waals surface area contributed by atoms with E-state index in [-0.39, 0.29) is 34.8 Å². The molecule has 0 bridgehead atoms. The number of hydrogen-bond donors (Lipinski definition) is 0. The Labute approximate surface area is 198 Å². The summed E-state index contributed by atoms with van der Waals surface area (Å²) in [5.41, 5.74) is 0.757. The molecule has 3 aromatic carbocycles. The molecule has 5 rings (SSSR count). The highest BCUT2D eigenvalue weighted by molar-refractivity contribution is 5.94. The van der Waals surface area contributed by atoms with Gasteiger partial charge in [-0.05, 0) is 55.5 Å². The molecule has 0 unspecified atom stereocenters. The fraction of sp³-hybridized carbons (Fsp3) is 0.0741. The number of furan rings is 1. The van der Waals surface area contributed by atoms with Crippen molar-refractivity contribution in [1.29, 1.82) is 0 Å². The van der Waals surface area contributed by atoms with E-state index in [1.54, 1.807) is 43.3 Å². The molecule has 35 heavy (non-hydrogen) atoms. The van der Waals surface area contributed by atoms with Gasteiger partial charge in [-0.15, -0.1) is 0 Å². The summed E-state index contributed by atoms with van der Waals surface area (Å²) in [5, 5.41) is 1.03. The smallest absolute Gasteiger partial charge is 0.379 e. The van der Waals surface area contributed by atoms with Crippen LogP contribution in [0.15, 0.2) is 92.7 Å². The van der Waals surface area contributed by atoms with Crippen LogP contribution in [-0.2, 0) is 4.74 Å². The number of carbonyl (C=O) groups is 2. The van der Waals surface area contributed by atoms with E-state index in [4.69, 9.17) is 23.0 Å². The molecule has 0 N–H and O–H groups in total. The summed E-state index contributed by atoms with van der Waals surface area (Å²) >= 11 is 0. The van der Waals surface area contributed by atoms with Crippen LogP contribution in [0.25, 0.3) is 21.9 Å². The lowest BCUT2D eigenvalue weighted by atomic mass is 10.2. The van der Waals surface area contributed by atoms with Gasteiger partial charge in [0.2, 0.25) is 16.9 Å². The lowest BCUT2D eigenvalue weighted by Gasteiger charge is -2.07. The highest BCUT2D eigenvalue weighted by Gasteiger charge is 2.16. The summed E-state index contributed by atoms with van der Waals surface area (Å²) in [7, 11) is 0. The van der Waals surface area contributed by atoms with Gasteiger partial charge < -0.3 is 23.0 Å². The zero-order chi connectivity index (χ0) is 24.4. The topological polar surface area (TPSA) is 105 Å². The van der Waals surface area contributed by atoms with E-state index < -0.39 is 17.4 Å². The lowest BCUT2D eigenvalue weighted by molar-refractivity contribution is 0.0526. The number of carbonyl (C=O) groups excluding carboxylic acids is 2. The van der Waals surface area contributed by atoms with Crippen LogP contribution < -0.4 is 14.9 Å². The molecule has 0 saturated carbocycles. The molecule has 8 heteroatoms. The van der Waals surface area contributed by atoms with Crippen LogP contribution in [0, 0.1) is 0 Å². The van der Waals surface area contributed by atoms with E-state index in [1.807, 2.05) is 18.2 Å². The predicted octanol–water partition coefficient (Wildman–Crippen LogP) is 5.73. The fourth-order valence-corrected chi connectivity index (χ4v) is 3.47. The molecule has 0 amide bonds. The first-order valence-corrected chi connectivity index (χ1v) is 10.7. The van der Waals surface area contributed by atoms with Gasteiger partial charge in [-0.3, -0.25) is 4.79 Å². The van der Waals surface area contributed by atoms with Gasteiger partial charge in [0.25, 0.3) is 0 Å². The van der Waals surface area contributed by atoms with Crippen molar-refractivity contribution in [3.63, 3.8) is 0 Å². The molecule has 0 spiro atoms. The van der Waals surface area contributed by atoms with Crippen molar-refractivity contribution in [2.45, 2.75) is 6.92 Å². The van der Waals surface area contributed by atoms with E-state index in [0.29, 0.717) is 16.9 Å². The molecule has 174 valence electrons. The first-order chi connectivity index (χ1) is 17.0. The van der Waals surface area contributed by atoms with E-state index >= 15 is 0 Å². The standard InChI is InChI=1S/C27H18O8/c1-2-31-26(29)16-7-9-18(10-8-16)33-24-15-32-22-14-19(11-12-20(22)25(24)28)34-27(30)23-13-17-5-3-4-6-21(17)35-23/h3-15H,2H2,1H3. The van der Waals surface area contributed by atoms with Crippen molar-refractivity contribution >= 4 is 33.9 Å². The van der Waals surface area contributed by atoms with E-state index in [2.05, 4.69) is 0 Å². The largest absolute Gasteiger partial charge is 0.462 e. The highest BCUT2D eigenvalue weighted by Crippen LogP contribution is 2.26. The predicted molar refractivity (Wildman–Crippen MR) is 126 cm³/mol. The molecule has 5 aromatic rings. The molecule has 2 heterocycles. The quantitative estimate of drug-likeness (QED) is 0.229. The monoisotopic (exact) mass is 470 g/mol. The normalized spacial score (nSPS) is 10.9. The first kappa shape index (κ1) is 22.0. The van der Waals surface area contributed by atoms with Crippen molar-refractivity contribution < 1.29 is 32.6 Å². The zero-order valence-corrected chi connectivity index (χ0v) is 18.5. The zero-order valence-electron chi connectivity index (χ0n) is 18.5. The van der Waals surface area contributed by atoms with Gasteiger partial charge in [-0.25, -0.2) is 9.59 Å². The Morgan fingerprint density at radius 2 is 1.63 bits per heavy atom. The van der Waals surface area contributed by atoms with Crippen LogP contribution in [0.3, 0.4) is 0 Å². The Bertz CT molecular complexity index is 1580. The number of rotatable bonds is 6. The summed E-state index contributed by atoms with van der Waals surface area (Å²) in [6.07, 6.45) is 1.18. The van der Waals surface area contributed by atoms with Crippen molar-refractivity contribution in [3.8, 4) is 17.2 Å². The maximum Gasteiger partial charge on any atom is 0.379 e. The molecule has 8 nitrogen and oxygen atoms in total. The van der Waals surface area contributed by atoms with Crippen molar-refractivity contribution in [1.82, 2.24) is 0 Å². The van der Waals surface area contributed by atoms with Crippen molar-refractivity contribution in [2.75, 3.05) is 6.61 Å². The van der Waals surface area contributed by atoms with E-state index in [1.165, 1.54) is 24.5 Å². The second-order valence-corrected chi connectivity index (χ2v) is 7.47. The van der Waals surface area contributed by atoms with Crippen LogP contribution in [0.1, 0.15) is 27.8 Å². The number of fused-ring (bicyclic) bond motifs is 2. The minimum atomic E-state index is -0.672. The summed E-state index contributed by atoms with van der Waals surface area (Å²) < 4.78 is 27.0. The van der Waals surface area contributed by atoms with Gasteiger partial charge in [0.15, 0.2) is 0 Å². The second-order valence-electron chi connectivity index (χ2n) is 7.47. The summed E-state index contributed by atoms with van der Waals surface area (Å²) in [6.45, 7) is 2.00. The van der Waals surface area contributed by atoms with Crippen LogP contribution in [-0.4, -0.2) is 18.5 Å². The summed E-state index contributed by atoms with van der Waals surface area (Å²) in [5.74, 6) is -0.551. The number of benzene rings is 3. The summed E-state index contributed by atoms with van der Waals surface area (Å²) in [4.78, 5) is 37.1. The van der Waals surface area contributed by atoms with Gasteiger partial charge in [0, 0.05) is 11.5 Å². The van der Waals surface area contributed by atoms with E-state index in [0.717, 1.165) is 5.39 Å². The van der Waals surface area contributed by atoms with Crippen molar-refractivity contribution in [2.24, 2.45) is 0 Å². The molecule has 0 aliphatic carbocycles. The average molecular weight is 470 g/mol. The Balaban J connectivity index is 1.34. The third-order valence-electron chi connectivity index (χ3n) is 5.14. The second kappa shape index (κ2) is 9.18. The summed E-state index contributed by atoms with van der Waals surface area (Å²) in [6, 6.07) is 19.4. The van der Waals surface area contributed by atoms with Gasteiger partial charge in [0.05, 0.1) is 17.6 Å². The Morgan fingerprint density at radius 1 is 0.857 bits per heavy atom. The third-order valence-corrected chi connectivity index (χ3v) is 5.14. The third kappa shape index (κ3) is 4.49. The molecule has 0 fully saturated rings. The average Bonchev–Trinajstić information content (AvgIpc) is 3.31. The molecular weight excluding hydrogens is 452 g/mol. The van der Waals surface area contributed by atoms with Gasteiger partial charge >= 0.3 is 11.9 Å². The first-order valence-electron chi connectivity index (χ1n) is 10.7. The minimum Gasteiger partial charge on any atom is -0.462 e. The molecule has 0 aliphatic rings. The maximum absolute atomic E-state index is 12.9. The molecular formula is C27H18O8. The Morgan fingerprint density at radius 3 is 2.40 bits per heavy atom. The van der Waals surface area contributed by atoms with Gasteiger partial charge in [0.1, 0.15) is 28.9 Å². The molecule has 0 saturated heterocycles. The number of esters is 2. The van der Waals surface area contributed by atoms with Crippen LogP contribution in [0.2, 0.25) is 0 Å². The molecule has 2 aromatic heterocycles. The minimum absolute atomic E-state index is 0.0339. The van der Waals surface area contributed by atoms with E-state index in [9.17, 15) is 14.4 Å². The Kier molecular flexibility index (Phi) is 5.76. The Hall–Kier alpha value is -4.85. The van der Waals surface area contributed by atoms with Crippen LogP contribution >= 0.6 is 0 Å². The van der Waals surface area contributed by atoms with Crippen LogP contribution in [0.5, 0.6) is 17.2 Å². The SMILES string of the molecule is CCOC(=O)c1ccc(Oc2coc3cc(OC(=O)c4cc5ccccc5o4)ccc3c2=O)cc1. The lowest BCUT2D eigenvalue weighted by Crippen LogP contribution is -2.08. The van der Waals surface area contributed by atoms with Crippen LogP contribution in [0.4, 0.5) is 0 Å². The van der Waals surface area contributed by atoms with Gasteiger partial charge in [-0.2, -0.15) is 0 Å². The number of hydrogen-bond acceptors (Lipinski definition) is 8. The highest BCUT2D eigenvalue weighted by atomic mass is 16.5. The number of para-hydroxylation sites is 1.